The molecule has 2 nitrogen and oxygen atoms in total. The van der Waals surface area contributed by atoms with Gasteiger partial charge in [0.1, 0.15) is 0 Å². The number of rotatable bonds is 2. The summed E-state index contributed by atoms with van der Waals surface area (Å²) in [4.78, 5) is 13.6. The Morgan fingerprint density at radius 3 is 2.53 bits per heavy atom. The van der Waals surface area contributed by atoms with Crippen molar-refractivity contribution in [1.29, 1.82) is 0 Å². The molecule has 0 aliphatic carbocycles. The van der Waals surface area contributed by atoms with Crippen molar-refractivity contribution in [2.75, 3.05) is 6.54 Å². The van der Waals surface area contributed by atoms with Crippen LogP contribution < -0.4 is 0 Å². The molecular weight excluding hydrogens is 210 g/mol. The lowest BCUT2D eigenvalue weighted by molar-refractivity contribution is -0.128. The summed E-state index contributed by atoms with van der Waals surface area (Å²) >= 11 is 0. The molecule has 1 aromatic rings. The Balaban J connectivity index is 2.11. The Morgan fingerprint density at radius 2 is 2.00 bits per heavy atom. The molecule has 1 fully saturated rings. The van der Waals surface area contributed by atoms with Crippen molar-refractivity contribution in [2.24, 2.45) is 5.92 Å². The number of hydrogen-bond donors (Lipinski definition) is 0. The van der Waals surface area contributed by atoms with Crippen LogP contribution >= 0.6 is 0 Å². The van der Waals surface area contributed by atoms with Crippen molar-refractivity contribution >= 4 is 5.91 Å². The summed E-state index contributed by atoms with van der Waals surface area (Å²) in [6.07, 6.45) is 5.87. The maximum atomic E-state index is 11.7. The first-order chi connectivity index (χ1) is 8.08. The molecule has 0 saturated carbocycles. The molecule has 88 valence electrons. The van der Waals surface area contributed by atoms with Crippen LogP contribution in [0.1, 0.15) is 23.1 Å². The van der Waals surface area contributed by atoms with E-state index in [4.69, 9.17) is 6.42 Å². The molecule has 1 aromatic carbocycles. The van der Waals surface area contributed by atoms with Gasteiger partial charge in [-0.15, -0.1) is 12.3 Å². The zero-order valence-corrected chi connectivity index (χ0v) is 10.4. The van der Waals surface area contributed by atoms with Gasteiger partial charge >= 0.3 is 0 Å². The summed E-state index contributed by atoms with van der Waals surface area (Å²) in [6, 6.07) is 6.40. The molecule has 1 saturated heterocycles. The number of aryl methyl sites for hydroxylation is 2. The van der Waals surface area contributed by atoms with Crippen LogP contribution in [-0.4, -0.2) is 17.4 Å². The fraction of sp³-hybridized carbons (Fsp3) is 0.400. The maximum Gasteiger partial charge on any atom is 0.224 e. The van der Waals surface area contributed by atoms with Gasteiger partial charge in [-0.1, -0.05) is 29.3 Å². The molecule has 1 atom stereocenters. The van der Waals surface area contributed by atoms with Gasteiger partial charge in [-0.25, -0.2) is 0 Å². The van der Waals surface area contributed by atoms with Gasteiger partial charge in [0.25, 0.3) is 0 Å². The Kier molecular flexibility index (Phi) is 3.19. The Labute approximate surface area is 103 Å². The van der Waals surface area contributed by atoms with Gasteiger partial charge in [0.05, 0.1) is 0 Å². The van der Waals surface area contributed by atoms with E-state index in [0.29, 0.717) is 19.5 Å². The topological polar surface area (TPSA) is 20.3 Å². The highest BCUT2D eigenvalue weighted by Gasteiger charge is 2.27. The van der Waals surface area contributed by atoms with Crippen LogP contribution in [-0.2, 0) is 11.3 Å². The summed E-state index contributed by atoms with van der Waals surface area (Å²) in [5.41, 5.74) is 3.66. The lowest BCUT2D eigenvalue weighted by Crippen LogP contribution is -2.24. The van der Waals surface area contributed by atoms with E-state index in [1.807, 2.05) is 4.90 Å². The number of nitrogens with zero attached hydrogens (tertiary/aromatic N) is 1. The second-order valence-electron chi connectivity index (χ2n) is 4.84. The van der Waals surface area contributed by atoms with Crippen molar-refractivity contribution in [3.05, 3.63) is 34.9 Å². The smallest absolute Gasteiger partial charge is 0.224 e. The molecular formula is C15H17NO. The third-order valence-corrected chi connectivity index (χ3v) is 3.11. The van der Waals surface area contributed by atoms with Gasteiger partial charge in [0, 0.05) is 25.4 Å². The van der Waals surface area contributed by atoms with E-state index in [1.165, 1.54) is 16.7 Å². The van der Waals surface area contributed by atoms with Crippen LogP contribution in [0, 0.1) is 32.1 Å². The average Bonchev–Trinajstić information content (AvgIpc) is 2.58. The van der Waals surface area contributed by atoms with E-state index < -0.39 is 0 Å². The minimum Gasteiger partial charge on any atom is -0.337 e. The Morgan fingerprint density at radius 1 is 1.35 bits per heavy atom. The SMILES string of the molecule is C#CC1CC(=O)N(Cc2cc(C)cc(C)c2)C1. The van der Waals surface area contributed by atoms with E-state index in [-0.39, 0.29) is 11.8 Å². The fourth-order valence-corrected chi connectivity index (χ4v) is 2.42. The monoisotopic (exact) mass is 227 g/mol. The molecule has 1 unspecified atom stereocenters. The lowest BCUT2D eigenvalue weighted by Gasteiger charge is -2.16. The quantitative estimate of drug-likeness (QED) is 0.710. The predicted molar refractivity (Wildman–Crippen MR) is 68.3 cm³/mol. The number of carbonyl (C=O) groups excluding carboxylic acids is 1. The molecule has 1 heterocycles. The highest BCUT2D eigenvalue weighted by atomic mass is 16.2. The summed E-state index contributed by atoms with van der Waals surface area (Å²) in [5.74, 6) is 2.93. The highest BCUT2D eigenvalue weighted by molar-refractivity contribution is 5.79. The molecule has 0 bridgehead atoms. The van der Waals surface area contributed by atoms with Gasteiger partial charge in [-0.05, 0) is 19.4 Å². The van der Waals surface area contributed by atoms with Crippen LogP contribution in [0.5, 0.6) is 0 Å². The molecule has 0 radical (unpaired) electrons. The summed E-state index contributed by atoms with van der Waals surface area (Å²) in [7, 11) is 0. The van der Waals surface area contributed by atoms with Crippen LogP contribution in [0.15, 0.2) is 18.2 Å². The lowest BCUT2D eigenvalue weighted by atomic mass is 10.1. The van der Waals surface area contributed by atoms with E-state index in [2.05, 4.69) is 38.0 Å². The van der Waals surface area contributed by atoms with E-state index in [9.17, 15) is 4.79 Å². The second kappa shape index (κ2) is 4.63. The molecule has 0 aromatic heterocycles. The van der Waals surface area contributed by atoms with Crippen molar-refractivity contribution in [1.82, 2.24) is 4.90 Å². The highest BCUT2D eigenvalue weighted by Crippen LogP contribution is 2.20. The van der Waals surface area contributed by atoms with Crippen LogP contribution in [0.2, 0.25) is 0 Å². The second-order valence-corrected chi connectivity index (χ2v) is 4.84. The number of terminal acetylenes is 1. The summed E-state index contributed by atoms with van der Waals surface area (Å²) in [6.45, 7) is 5.53. The molecule has 1 amide bonds. The van der Waals surface area contributed by atoms with Gasteiger partial charge in [-0.2, -0.15) is 0 Å². The van der Waals surface area contributed by atoms with E-state index >= 15 is 0 Å². The number of benzene rings is 1. The summed E-state index contributed by atoms with van der Waals surface area (Å²) < 4.78 is 0. The normalized spacial score (nSPS) is 19.5. The first-order valence-electron chi connectivity index (χ1n) is 5.89. The molecule has 1 aliphatic heterocycles. The maximum absolute atomic E-state index is 11.7. The zero-order valence-electron chi connectivity index (χ0n) is 10.4. The number of likely N-dealkylation sites (tertiary alicyclic amines) is 1. The largest absolute Gasteiger partial charge is 0.337 e. The standard InChI is InChI=1S/C15H17NO/c1-4-13-8-15(17)16(9-13)10-14-6-11(2)5-12(3)7-14/h1,5-7,13H,8-10H2,2-3H3. The number of carbonyl (C=O) groups is 1. The molecule has 17 heavy (non-hydrogen) atoms. The van der Waals surface area contributed by atoms with Gasteiger partial charge in [-0.3, -0.25) is 4.79 Å². The van der Waals surface area contributed by atoms with Crippen molar-refractivity contribution < 1.29 is 4.79 Å². The molecule has 2 rings (SSSR count). The van der Waals surface area contributed by atoms with Gasteiger partial charge < -0.3 is 4.90 Å². The zero-order chi connectivity index (χ0) is 12.4. The first kappa shape index (κ1) is 11.7. The van der Waals surface area contributed by atoms with Gasteiger partial charge in [0.2, 0.25) is 5.91 Å². The van der Waals surface area contributed by atoms with Crippen LogP contribution in [0.25, 0.3) is 0 Å². The summed E-state index contributed by atoms with van der Waals surface area (Å²) in [5, 5.41) is 0. The van der Waals surface area contributed by atoms with Crippen molar-refractivity contribution in [3.8, 4) is 12.3 Å². The first-order valence-corrected chi connectivity index (χ1v) is 5.89. The molecule has 0 N–H and O–H groups in total. The van der Waals surface area contributed by atoms with E-state index in [0.717, 1.165) is 0 Å². The molecule has 2 heteroatoms. The van der Waals surface area contributed by atoms with Gasteiger partial charge in [0.15, 0.2) is 0 Å². The number of amides is 1. The predicted octanol–water partition coefficient (Wildman–Crippen LogP) is 2.29. The Hall–Kier alpha value is -1.75. The fourth-order valence-electron chi connectivity index (χ4n) is 2.42. The van der Waals surface area contributed by atoms with Crippen molar-refractivity contribution in [2.45, 2.75) is 26.8 Å². The Bertz CT molecular complexity index is 464. The third-order valence-electron chi connectivity index (χ3n) is 3.11. The molecule has 1 aliphatic rings. The van der Waals surface area contributed by atoms with Crippen LogP contribution in [0.3, 0.4) is 0 Å². The van der Waals surface area contributed by atoms with E-state index in [1.54, 1.807) is 0 Å². The minimum absolute atomic E-state index is 0.0911. The van der Waals surface area contributed by atoms with Crippen LogP contribution in [0.4, 0.5) is 0 Å². The minimum atomic E-state index is 0.0911. The van der Waals surface area contributed by atoms with Crippen molar-refractivity contribution in [3.63, 3.8) is 0 Å². The third kappa shape index (κ3) is 2.68. The molecule has 0 spiro atoms. The average molecular weight is 227 g/mol. The number of hydrogen-bond acceptors (Lipinski definition) is 1.